The van der Waals surface area contributed by atoms with Gasteiger partial charge in [0.1, 0.15) is 0 Å². The zero-order valence-corrected chi connectivity index (χ0v) is 15.6. The van der Waals surface area contributed by atoms with Gasteiger partial charge >= 0.3 is 0 Å². The van der Waals surface area contributed by atoms with Gasteiger partial charge in [-0.2, -0.15) is 0 Å². The van der Waals surface area contributed by atoms with Crippen LogP contribution in [-0.2, 0) is 4.74 Å². The summed E-state index contributed by atoms with van der Waals surface area (Å²) in [5, 5.41) is 3.81. The second kappa shape index (κ2) is 7.97. The molecule has 0 aromatic carbocycles. The highest BCUT2D eigenvalue weighted by Crippen LogP contribution is 2.43. The van der Waals surface area contributed by atoms with Crippen LogP contribution in [0.5, 0.6) is 0 Å². The number of nitrogens with one attached hydrogen (secondary N) is 1. The minimum absolute atomic E-state index is 0.272. The largest absolute Gasteiger partial charge is 0.377 e. The van der Waals surface area contributed by atoms with E-state index in [1.54, 1.807) is 0 Å². The lowest BCUT2D eigenvalue weighted by atomic mass is 9.64. The molecular formula is C19H39NO. The zero-order valence-electron chi connectivity index (χ0n) is 15.6. The van der Waals surface area contributed by atoms with Gasteiger partial charge in [-0.15, -0.1) is 0 Å². The topological polar surface area (TPSA) is 21.3 Å². The molecule has 1 fully saturated rings. The third kappa shape index (κ3) is 5.90. The molecule has 0 aromatic heterocycles. The van der Waals surface area contributed by atoms with Crippen molar-refractivity contribution in [3.05, 3.63) is 0 Å². The fourth-order valence-electron chi connectivity index (χ4n) is 3.16. The van der Waals surface area contributed by atoms with Gasteiger partial charge in [0, 0.05) is 24.6 Å². The first kappa shape index (κ1) is 19.0. The molecule has 0 saturated heterocycles. The summed E-state index contributed by atoms with van der Waals surface area (Å²) in [6, 6.07) is 0.611. The van der Waals surface area contributed by atoms with E-state index in [4.69, 9.17) is 4.74 Å². The van der Waals surface area contributed by atoms with Crippen LogP contribution < -0.4 is 5.32 Å². The van der Waals surface area contributed by atoms with E-state index < -0.39 is 0 Å². The summed E-state index contributed by atoms with van der Waals surface area (Å²) in [7, 11) is 0. The van der Waals surface area contributed by atoms with Crippen molar-refractivity contribution >= 4 is 0 Å². The Balaban J connectivity index is 2.30. The molecule has 2 unspecified atom stereocenters. The quantitative estimate of drug-likeness (QED) is 0.571. The second-order valence-corrected chi connectivity index (χ2v) is 8.83. The molecule has 2 heteroatoms. The first-order valence-corrected chi connectivity index (χ1v) is 9.04. The van der Waals surface area contributed by atoms with Crippen LogP contribution in [0.2, 0.25) is 0 Å². The van der Waals surface area contributed by atoms with E-state index in [0.29, 0.717) is 23.5 Å². The maximum Gasteiger partial charge on any atom is 0.0656 e. The Hall–Kier alpha value is -0.0800. The monoisotopic (exact) mass is 297 g/mol. The van der Waals surface area contributed by atoms with Gasteiger partial charge in [0.15, 0.2) is 0 Å². The Morgan fingerprint density at radius 1 is 1.24 bits per heavy atom. The third-order valence-electron chi connectivity index (χ3n) is 5.09. The summed E-state index contributed by atoms with van der Waals surface area (Å²) < 4.78 is 6.06. The SMILES string of the molecule is CCCCCC(C)(C)CNC1CC(OCC(C)C)C1(C)C. The summed E-state index contributed by atoms with van der Waals surface area (Å²) in [6.07, 6.45) is 6.97. The van der Waals surface area contributed by atoms with Crippen molar-refractivity contribution in [3.8, 4) is 0 Å². The third-order valence-corrected chi connectivity index (χ3v) is 5.09. The Kier molecular flexibility index (Phi) is 7.19. The number of rotatable bonds is 10. The molecule has 0 spiro atoms. The fraction of sp³-hybridized carbons (Fsp3) is 1.00. The van der Waals surface area contributed by atoms with Crippen molar-refractivity contribution in [1.29, 1.82) is 0 Å². The Morgan fingerprint density at radius 2 is 1.90 bits per heavy atom. The Bertz CT molecular complexity index is 296. The Morgan fingerprint density at radius 3 is 2.43 bits per heavy atom. The minimum Gasteiger partial charge on any atom is -0.377 e. The van der Waals surface area contributed by atoms with Crippen LogP contribution in [0.25, 0.3) is 0 Å². The normalized spacial score (nSPS) is 25.1. The van der Waals surface area contributed by atoms with Crippen LogP contribution in [0.4, 0.5) is 0 Å². The summed E-state index contributed by atoms with van der Waals surface area (Å²) in [5.74, 6) is 0.630. The molecule has 1 N–H and O–H groups in total. The van der Waals surface area contributed by atoms with Gasteiger partial charge < -0.3 is 10.1 Å². The fourth-order valence-corrected chi connectivity index (χ4v) is 3.16. The molecule has 0 radical (unpaired) electrons. The van der Waals surface area contributed by atoms with E-state index in [2.05, 4.69) is 53.8 Å². The molecule has 1 aliphatic rings. The van der Waals surface area contributed by atoms with Gasteiger partial charge in [-0.3, -0.25) is 0 Å². The van der Waals surface area contributed by atoms with Crippen LogP contribution in [0, 0.1) is 16.7 Å². The van der Waals surface area contributed by atoms with E-state index >= 15 is 0 Å². The molecule has 1 saturated carbocycles. The first-order chi connectivity index (χ1) is 9.69. The van der Waals surface area contributed by atoms with E-state index in [1.165, 1.54) is 32.1 Å². The highest BCUT2D eigenvalue weighted by Gasteiger charge is 2.48. The summed E-state index contributed by atoms with van der Waals surface area (Å²) in [5.41, 5.74) is 0.684. The van der Waals surface area contributed by atoms with Crippen molar-refractivity contribution in [2.45, 2.75) is 92.7 Å². The lowest BCUT2D eigenvalue weighted by Gasteiger charge is -2.53. The number of hydrogen-bond acceptors (Lipinski definition) is 2. The predicted octanol–water partition coefficient (Wildman–Crippen LogP) is 5.02. The van der Waals surface area contributed by atoms with Crippen LogP contribution >= 0.6 is 0 Å². The molecule has 21 heavy (non-hydrogen) atoms. The van der Waals surface area contributed by atoms with E-state index in [0.717, 1.165) is 13.2 Å². The molecule has 0 heterocycles. The van der Waals surface area contributed by atoms with Gasteiger partial charge in [0.05, 0.1) is 6.10 Å². The molecule has 0 bridgehead atoms. The van der Waals surface area contributed by atoms with Gasteiger partial charge in [0.2, 0.25) is 0 Å². The van der Waals surface area contributed by atoms with E-state index in [-0.39, 0.29) is 5.41 Å². The maximum atomic E-state index is 6.06. The van der Waals surface area contributed by atoms with Crippen LogP contribution in [-0.4, -0.2) is 25.3 Å². The number of hydrogen-bond donors (Lipinski definition) is 1. The standard InChI is InChI=1S/C19H39NO/c1-8-9-10-11-18(4,5)14-20-16-12-17(19(16,6)7)21-13-15(2)3/h15-17,20H,8-14H2,1-7H3. The summed E-state index contributed by atoms with van der Waals surface area (Å²) in [6.45, 7) is 18.2. The van der Waals surface area contributed by atoms with Crippen molar-refractivity contribution < 1.29 is 4.74 Å². The van der Waals surface area contributed by atoms with Gasteiger partial charge in [-0.25, -0.2) is 0 Å². The molecule has 2 nitrogen and oxygen atoms in total. The summed E-state index contributed by atoms with van der Waals surface area (Å²) >= 11 is 0. The van der Waals surface area contributed by atoms with Gasteiger partial charge in [-0.1, -0.05) is 67.7 Å². The highest BCUT2D eigenvalue weighted by molar-refractivity contribution is 5.03. The predicted molar refractivity (Wildman–Crippen MR) is 92.7 cm³/mol. The smallest absolute Gasteiger partial charge is 0.0656 e. The Labute approximate surface area is 133 Å². The molecule has 1 rings (SSSR count). The lowest BCUT2D eigenvalue weighted by molar-refractivity contribution is -0.125. The van der Waals surface area contributed by atoms with Crippen molar-refractivity contribution in [1.82, 2.24) is 5.32 Å². The van der Waals surface area contributed by atoms with Crippen molar-refractivity contribution in [2.75, 3.05) is 13.2 Å². The molecule has 0 aromatic rings. The molecule has 1 aliphatic carbocycles. The van der Waals surface area contributed by atoms with Crippen LogP contribution in [0.3, 0.4) is 0 Å². The second-order valence-electron chi connectivity index (χ2n) is 8.83. The van der Waals surface area contributed by atoms with Gasteiger partial charge in [0.25, 0.3) is 0 Å². The maximum absolute atomic E-state index is 6.06. The molecular weight excluding hydrogens is 258 g/mol. The molecule has 0 aliphatic heterocycles. The molecule has 0 amide bonds. The number of unbranched alkanes of at least 4 members (excludes halogenated alkanes) is 2. The minimum atomic E-state index is 0.272. The first-order valence-electron chi connectivity index (χ1n) is 9.04. The van der Waals surface area contributed by atoms with Crippen molar-refractivity contribution in [2.24, 2.45) is 16.7 Å². The highest BCUT2D eigenvalue weighted by atomic mass is 16.5. The molecule has 2 atom stereocenters. The van der Waals surface area contributed by atoms with Crippen molar-refractivity contribution in [3.63, 3.8) is 0 Å². The van der Waals surface area contributed by atoms with Gasteiger partial charge in [-0.05, 0) is 24.2 Å². The average molecular weight is 298 g/mol. The molecule has 126 valence electrons. The van der Waals surface area contributed by atoms with Crippen LogP contribution in [0.1, 0.15) is 80.6 Å². The number of ether oxygens (including phenoxy) is 1. The average Bonchev–Trinajstić information content (AvgIpc) is 2.36. The zero-order chi connectivity index (χ0) is 16.1. The van der Waals surface area contributed by atoms with E-state index in [9.17, 15) is 0 Å². The summed E-state index contributed by atoms with van der Waals surface area (Å²) in [4.78, 5) is 0. The van der Waals surface area contributed by atoms with Crippen LogP contribution in [0.15, 0.2) is 0 Å². The van der Waals surface area contributed by atoms with E-state index in [1.807, 2.05) is 0 Å². The lowest BCUT2D eigenvalue weighted by Crippen LogP contribution is -2.62.